The third-order valence-corrected chi connectivity index (χ3v) is 12.2. The Morgan fingerprint density at radius 1 is 0.328 bits per heavy atom. The molecule has 2 heterocycles. The van der Waals surface area contributed by atoms with Crippen LogP contribution in [0.1, 0.15) is 0 Å². The summed E-state index contributed by atoms with van der Waals surface area (Å²) in [7, 11) is 0. The van der Waals surface area contributed by atoms with Crippen molar-refractivity contribution >= 4 is 71.6 Å². The highest BCUT2D eigenvalue weighted by Gasteiger charge is 2.18. The fourth-order valence-electron chi connectivity index (χ4n) is 9.35. The third-order valence-electron chi connectivity index (χ3n) is 12.2. The van der Waals surface area contributed by atoms with Crippen molar-refractivity contribution in [1.29, 1.82) is 0 Å². The Labute approximate surface area is 353 Å². The van der Waals surface area contributed by atoms with Gasteiger partial charge in [0.25, 0.3) is 0 Å². The summed E-state index contributed by atoms with van der Waals surface area (Å²) in [6.45, 7) is 0. The van der Waals surface area contributed by atoms with Gasteiger partial charge in [-0.05, 0) is 117 Å². The summed E-state index contributed by atoms with van der Waals surface area (Å²) in [6.07, 6.45) is 0. The Balaban J connectivity index is 0.940. The van der Waals surface area contributed by atoms with Crippen molar-refractivity contribution in [3.05, 3.63) is 231 Å². The van der Waals surface area contributed by atoms with E-state index in [9.17, 15) is 0 Å². The molecule has 3 nitrogen and oxygen atoms in total. The van der Waals surface area contributed by atoms with Gasteiger partial charge in [-0.2, -0.15) is 0 Å². The summed E-state index contributed by atoms with van der Waals surface area (Å²) >= 11 is 0. The van der Waals surface area contributed by atoms with Crippen LogP contribution in [0.4, 0.5) is 17.1 Å². The Morgan fingerprint density at radius 2 is 0.852 bits per heavy atom. The van der Waals surface area contributed by atoms with Gasteiger partial charge in [-0.1, -0.05) is 158 Å². The van der Waals surface area contributed by atoms with E-state index in [0.29, 0.717) is 0 Å². The zero-order valence-electron chi connectivity index (χ0n) is 33.2. The minimum Gasteiger partial charge on any atom is -0.456 e. The number of para-hydroxylation sites is 3. The summed E-state index contributed by atoms with van der Waals surface area (Å²) in [5, 5.41) is 7.28. The van der Waals surface area contributed by atoms with Crippen LogP contribution < -0.4 is 4.90 Å². The van der Waals surface area contributed by atoms with Crippen molar-refractivity contribution in [2.75, 3.05) is 4.90 Å². The van der Waals surface area contributed by atoms with Crippen LogP contribution in [-0.4, -0.2) is 4.57 Å². The lowest BCUT2D eigenvalue weighted by Crippen LogP contribution is -2.10. The summed E-state index contributed by atoms with van der Waals surface area (Å²) in [5.41, 5.74) is 15.6. The summed E-state index contributed by atoms with van der Waals surface area (Å²) in [4.78, 5) is 2.36. The van der Waals surface area contributed by atoms with Gasteiger partial charge in [0.2, 0.25) is 0 Å². The fraction of sp³-hybridized carbons (Fsp3) is 0. The second-order valence-electron chi connectivity index (χ2n) is 15.7. The number of benzene rings is 10. The van der Waals surface area contributed by atoms with E-state index in [0.717, 1.165) is 61.4 Å². The van der Waals surface area contributed by atoms with Gasteiger partial charge < -0.3 is 13.9 Å². The van der Waals surface area contributed by atoms with Crippen molar-refractivity contribution in [1.82, 2.24) is 4.57 Å². The molecule has 0 N–H and O–H groups in total. The Kier molecular flexibility index (Phi) is 8.17. The Morgan fingerprint density at radius 3 is 1.57 bits per heavy atom. The molecule has 0 aliphatic rings. The number of hydrogen-bond acceptors (Lipinski definition) is 2. The summed E-state index contributed by atoms with van der Waals surface area (Å²) in [6, 6.07) is 82.9. The number of aromatic nitrogens is 1. The molecule has 0 radical (unpaired) electrons. The maximum Gasteiger partial charge on any atom is 0.136 e. The fourth-order valence-corrected chi connectivity index (χ4v) is 9.35. The van der Waals surface area contributed by atoms with Gasteiger partial charge in [-0.25, -0.2) is 0 Å². The standard InChI is InChI=1S/C58H38N2O/c1-2-16-48-41(12-1)13-10-20-49(48)42-30-36-45(37-31-42)59(47-15-9-14-43(38-47)50-21-11-25-57-58(50)53-19-5-8-24-56(53)61-57)44-32-26-39(27-33-44)40-28-34-46(35-29-40)60-54-22-6-3-17-51(54)52-18-4-7-23-55(52)60/h1-38H. The van der Waals surface area contributed by atoms with E-state index in [4.69, 9.17) is 4.42 Å². The number of hydrogen-bond donors (Lipinski definition) is 0. The second kappa shape index (κ2) is 14.3. The minimum absolute atomic E-state index is 0.892. The van der Waals surface area contributed by atoms with Gasteiger partial charge in [0.1, 0.15) is 11.2 Å². The molecule has 0 aliphatic carbocycles. The molecule has 0 saturated heterocycles. The average molecular weight is 779 g/mol. The van der Waals surface area contributed by atoms with E-state index in [1.165, 1.54) is 49.3 Å². The lowest BCUT2D eigenvalue weighted by atomic mass is 9.97. The van der Waals surface area contributed by atoms with Gasteiger partial charge in [0.05, 0.1) is 11.0 Å². The first-order chi connectivity index (χ1) is 30.2. The van der Waals surface area contributed by atoms with Gasteiger partial charge >= 0.3 is 0 Å². The van der Waals surface area contributed by atoms with Crippen LogP contribution in [0.2, 0.25) is 0 Å². The van der Waals surface area contributed by atoms with Crippen LogP contribution in [-0.2, 0) is 0 Å². The van der Waals surface area contributed by atoms with Crippen LogP contribution in [0.15, 0.2) is 235 Å². The molecule has 61 heavy (non-hydrogen) atoms. The number of furan rings is 1. The molecular formula is C58H38N2O. The van der Waals surface area contributed by atoms with Crippen molar-refractivity contribution < 1.29 is 4.42 Å². The van der Waals surface area contributed by atoms with Crippen molar-refractivity contribution in [2.45, 2.75) is 0 Å². The van der Waals surface area contributed by atoms with Crippen LogP contribution in [0, 0.1) is 0 Å². The number of rotatable bonds is 7. The quantitative estimate of drug-likeness (QED) is 0.161. The van der Waals surface area contributed by atoms with E-state index < -0.39 is 0 Å². The Bertz CT molecular complexity index is 3520. The highest BCUT2D eigenvalue weighted by Crippen LogP contribution is 2.42. The van der Waals surface area contributed by atoms with Gasteiger partial charge in [0, 0.05) is 44.3 Å². The van der Waals surface area contributed by atoms with Gasteiger partial charge in [-0.15, -0.1) is 0 Å². The van der Waals surface area contributed by atoms with Crippen LogP contribution in [0.25, 0.3) is 93.6 Å². The molecule has 0 unspecified atom stereocenters. The predicted octanol–water partition coefficient (Wildman–Crippen LogP) is 16.3. The molecule has 0 spiro atoms. The first kappa shape index (κ1) is 34.9. The topological polar surface area (TPSA) is 21.3 Å². The number of nitrogens with zero attached hydrogens (tertiary/aromatic N) is 2. The maximum atomic E-state index is 6.30. The predicted molar refractivity (Wildman–Crippen MR) is 257 cm³/mol. The summed E-state index contributed by atoms with van der Waals surface area (Å²) < 4.78 is 8.67. The van der Waals surface area contributed by atoms with Gasteiger partial charge in [-0.3, -0.25) is 0 Å². The normalized spacial score (nSPS) is 11.6. The van der Waals surface area contributed by atoms with E-state index in [1.54, 1.807) is 0 Å². The summed E-state index contributed by atoms with van der Waals surface area (Å²) in [5.74, 6) is 0. The highest BCUT2D eigenvalue weighted by atomic mass is 16.3. The average Bonchev–Trinajstić information content (AvgIpc) is 3.88. The van der Waals surface area contributed by atoms with E-state index in [2.05, 4.69) is 228 Å². The largest absolute Gasteiger partial charge is 0.456 e. The zero-order chi connectivity index (χ0) is 40.3. The van der Waals surface area contributed by atoms with E-state index >= 15 is 0 Å². The lowest BCUT2D eigenvalue weighted by molar-refractivity contribution is 0.669. The molecule has 286 valence electrons. The van der Waals surface area contributed by atoms with Crippen molar-refractivity contribution in [3.8, 4) is 39.1 Å². The molecule has 0 saturated carbocycles. The molecule has 12 aromatic rings. The first-order valence-corrected chi connectivity index (χ1v) is 20.8. The molecule has 0 bridgehead atoms. The molecule has 0 fully saturated rings. The van der Waals surface area contributed by atoms with Crippen LogP contribution in [0.3, 0.4) is 0 Å². The highest BCUT2D eigenvalue weighted by molar-refractivity contribution is 6.13. The third kappa shape index (κ3) is 5.90. The molecular weight excluding hydrogens is 741 g/mol. The molecule has 12 rings (SSSR count). The second-order valence-corrected chi connectivity index (χ2v) is 15.7. The number of fused-ring (bicyclic) bond motifs is 7. The lowest BCUT2D eigenvalue weighted by Gasteiger charge is -2.26. The molecule has 10 aromatic carbocycles. The first-order valence-electron chi connectivity index (χ1n) is 20.8. The van der Waals surface area contributed by atoms with E-state index in [1.807, 2.05) is 12.1 Å². The van der Waals surface area contributed by atoms with Gasteiger partial charge in [0.15, 0.2) is 0 Å². The Hall–Kier alpha value is -8.14. The maximum absolute atomic E-state index is 6.30. The van der Waals surface area contributed by atoms with E-state index in [-0.39, 0.29) is 0 Å². The SMILES string of the molecule is c1cc(-c2cccc3oc4ccccc4c23)cc(N(c2ccc(-c3ccc(-n4c5ccccc5c5ccccc54)cc3)cc2)c2ccc(-c3cccc4ccccc34)cc2)c1. The smallest absolute Gasteiger partial charge is 0.136 e. The number of anilines is 3. The minimum atomic E-state index is 0.892. The zero-order valence-corrected chi connectivity index (χ0v) is 33.2. The molecule has 2 aromatic heterocycles. The van der Waals surface area contributed by atoms with Crippen LogP contribution in [0.5, 0.6) is 0 Å². The van der Waals surface area contributed by atoms with Crippen molar-refractivity contribution in [3.63, 3.8) is 0 Å². The van der Waals surface area contributed by atoms with Crippen molar-refractivity contribution in [2.24, 2.45) is 0 Å². The molecule has 0 atom stereocenters. The molecule has 0 amide bonds. The molecule has 3 heteroatoms. The monoisotopic (exact) mass is 778 g/mol. The van der Waals surface area contributed by atoms with Crippen LogP contribution >= 0.6 is 0 Å². The molecule has 0 aliphatic heterocycles.